The highest BCUT2D eigenvalue weighted by molar-refractivity contribution is 7.93. The van der Waals surface area contributed by atoms with Crippen LogP contribution in [0.15, 0.2) is 204 Å². The van der Waals surface area contributed by atoms with Gasteiger partial charge in [0.2, 0.25) is 0 Å². The van der Waals surface area contributed by atoms with Gasteiger partial charge in [0.05, 0.1) is 34.0 Å². The molecule has 4 aliphatic rings. The molecule has 0 N–H and O–H groups in total. The van der Waals surface area contributed by atoms with Crippen molar-refractivity contribution in [3.63, 3.8) is 0 Å². The average molecular weight is 943 g/mol. The summed E-state index contributed by atoms with van der Waals surface area (Å²) < 4.78 is 71.5. The lowest BCUT2D eigenvalue weighted by atomic mass is 9.94. The highest BCUT2D eigenvalue weighted by Gasteiger charge is 2.61. The number of carbonyl (C=O) groups is 4. The third-order valence-electron chi connectivity index (χ3n) is 11.9. The third kappa shape index (κ3) is 7.92. The molecule has 2 fully saturated rings. The van der Waals surface area contributed by atoms with Gasteiger partial charge in [-0.1, -0.05) is 133 Å². The van der Waals surface area contributed by atoms with E-state index in [-0.39, 0.29) is 22.5 Å². The van der Waals surface area contributed by atoms with E-state index < -0.39 is 100 Å². The minimum absolute atomic E-state index is 0.198. The molecule has 2 atom stereocenters. The molecule has 0 bridgehead atoms. The van der Waals surface area contributed by atoms with Crippen molar-refractivity contribution in [2.45, 2.75) is 23.0 Å². The number of hydrogen-bond donors (Lipinski definition) is 0. The van der Waals surface area contributed by atoms with Crippen molar-refractivity contribution in [2.24, 2.45) is 0 Å². The van der Waals surface area contributed by atoms with Crippen LogP contribution in [0.3, 0.4) is 0 Å². The normalized spacial score (nSPS) is 20.4. The zero-order valence-electron chi connectivity index (χ0n) is 35.7. The summed E-state index contributed by atoms with van der Waals surface area (Å²) in [4.78, 5) is 69.3. The van der Waals surface area contributed by atoms with Gasteiger partial charge in [-0.05, 0) is 58.7 Å². The lowest BCUT2D eigenvalue weighted by molar-refractivity contribution is -0.149. The molecule has 0 saturated carbocycles. The Morgan fingerprint density at radius 1 is 0.485 bits per heavy atom. The van der Waals surface area contributed by atoms with Crippen LogP contribution in [0.4, 0.5) is 0 Å². The molecule has 0 radical (unpaired) electrons. The molecule has 68 heavy (non-hydrogen) atoms. The van der Waals surface area contributed by atoms with E-state index in [2.05, 4.69) is 9.97 Å². The van der Waals surface area contributed by atoms with Crippen LogP contribution in [0.1, 0.15) is 45.8 Å². The number of hydrogen-bond acceptors (Lipinski definition) is 12. The minimum atomic E-state index is -4.56. The fourth-order valence-electron chi connectivity index (χ4n) is 8.89. The van der Waals surface area contributed by atoms with Gasteiger partial charge in [0.25, 0.3) is 11.8 Å². The average Bonchev–Trinajstić information content (AvgIpc) is 3.36. The van der Waals surface area contributed by atoms with Gasteiger partial charge in [-0.3, -0.25) is 29.4 Å². The highest BCUT2D eigenvalue weighted by Crippen LogP contribution is 2.48. The number of pyridine rings is 2. The molecule has 0 aliphatic carbocycles. The van der Waals surface area contributed by atoms with Crippen molar-refractivity contribution in [3.05, 3.63) is 237 Å². The Bertz CT molecular complexity index is 3050. The van der Waals surface area contributed by atoms with Crippen molar-refractivity contribution < 1.29 is 45.5 Å². The first kappa shape index (κ1) is 43.8. The standard InChI is InChI=1S/C52H38N4O10S2/c57-47-39(29-37-25-13-15-27-53-37)49-55(47)43(51(59)65-45(33-17-5-1-6-18-33)34-19-7-2-8-20-34)41(31-67(49,61)62)42-32-68(63,64)50-40(30-38-26-14-16-28-54-38)48(58)56(50)44(42)52(60)66-46(35-21-9-3-10-22-35)36-23-11-4-12-24-36/h1-30,45-46,49-50H,31-32H2/b39-29-,40-30-/t49-,50-/m1/s1. The second-order valence-corrected chi connectivity index (χ2v) is 20.4. The van der Waals surface area contributed by atoms with Crippen LogP contribution in [-0.2, 0) is 48.3 Å². The Kier molecular flexibility index (Phi) is 11.3. The van der Waals surface area contributed by atoms with Crippen LogP contribution in [-0.4, -0.2) is 82.6 Å². The number of rotatable bonds is 11. The lowest BCUT2D eigenvalue weighted by Crippen LogP contribution is -2.64. The monoisotopic (exact) mass is 942 g/mol. The number of ether oxygens (including phenoxy) is 2. The summed E-state index contributed by atoms with van der Waals surface area (Å²) in [5.74, 6) is -6.28. The third-order valence-corrected chi connectivity index (χ3v) is 15.6. The molecule has 338 valence electrons. The van der Waals surface area contributed by atoms with E-state index in [4.69, 9.17) is 9.47 Å². The van der Waals surface area contributed by atoms with E-state index in [1.165, 1.54) is 24.5 Å². The molecule has 14 nitrogen and oxygen atoms in total. The Balaban J connectivity index is 1.19. The van der Waals surface area contributed by atoms with Crippen LogP contribution in [0.2, 0.25) is 0 Å². The van der Waals surface area contributed by atoms with Gasteiger partial charge < -0.3 is 9.47 Å². The van der Waals surface area contributed by atoms with E-state index >= 15 is 9.59 Å². The number of fused-ring (bicyclic) bond motifs is 2. The van der Waals surface area contributed by atoms with Gasteiger partial charge in [0, 0.05) is 23.5 Å². The number of β-lactam (4-membered cyclic amide) rings is 2. The number of esters is 2. The quantitative estimate of drug-likeness (QED) is 0.0802. The first-order chi connectivity index (χ1) is 32.9. The first-order valence-corrected chi connectivity index (χ1v) is 24.8. The van der Waals surface area contributed by atoms with Crippen LogP contribution in [0, 0.1) is 0 Å². The molecule has 6 heterocycles. The molecule has 2 aromatic heterocycles. The van der Waals surface area contributed by atoms with Gasteiger partial charge in [-0.2, -0.15) is 0 Å². The Morgan fingerprint density at radius 2 is 0.794 bits per heavy atom. The number of amides is 2. The first-order valence-electron chi connectivity index (χ1n) is 21.3. The SMILES string of the molecule is O=C(OC(c1ccccc1)c1ccccc1)C1=C(C2=C(C(=O)OC(c3ccccc3)c3ccccc3)N3C(=O)/C(=C/c4ccccn4)[C@H]3S(=O)(=O)C2)CS(=O)(=O)[C@@H]2/C(=C\c3ccccn3)C(=O)N12. The van der Waals surface area contributed by atoms with E-state index in [1.54, 1.807) is 158 Å². The molecule has 6 aromatic rings. The van der Waals surface area contributed by atoms with E-state index in [1.807, 2.05) is 0 Å². The highest BCUT2D eigenvalue weighted by atomic mass is 32.2. The minimum Gasteiger partial charge on any atom is -0.448 e. The van der Waals surface area contributed by atoms with Gasteiger partial charge in [0.15, 0.2) is 42.6 Å². The molecule has 4 aromatic carbocycles. The van der Waals surface area contributed by atoms with Gasteiger partial charge in [0.1, 0.15) is 11.4 Å². The van der Waals surface area contributed by atoms with E-state index in [9.17, 15) is 26.4 Å². The molecule has 2 saturated heterocycles. The summed E-state index contributed by atoms with van der Waals surface area (Å²) >= 11 is 0. The van der Waals surface area contributed by atoms with Gasteiger partial charge in [-0.25, -0.2) is 26.4 Å². The topological polar surface area (TPSA) is 187 Å². The smallest absolute Gasteiger partial charge is 0.356 e. The zero-order chi connectivity index (χ0) is 47.2. The molecule has 16 heteroatoms. The lowest BCUT2D eigenvalue weighted by Gasteiger charge is -2.49. The maximum Gasteiger partial charge on any atom is 0.356 e. The predicted molar refractivity (Wildman–Crippen MR) is 249 cm³/mol. The molecule has 2 amide bonds. The summed E-state index contributed by atoms with van der Waals surface area (Å²) in [6.45, 7) is 0. The van der Waals surface area contributed by atoms with Crippen LogP contribution < -0.4 is 0 Å². The second-order valence-electron chi connectivity index (χ2n) is 16.2. The summed E-state index contributed by atoms with van der Waals surface area (Å²) in [6.07, 6.45) is 3.34. The zero-order valence-corrected chi connectivity index (χ0v) is 37.4. The van der Waals surface area contributed by atoms with Crippen molar-refractivity contribution in [1.29, 1.82) is 0 Å². The maximum atomic E-state index is 15.2. The van der Waals surface area contributed by atoms with E-state index in [0.717, 1.165) is 9.80 Å². The predicted octanol–water partition coefficient (Wildman–Crippen LogP) is 6.31. The molecular formula is C52H38N4O10S2. The van der Waals surface area contributed by atoms with Gasteiger partial charge in [-0.15, -0.1) is 0 Å². The fraction of sp³-hybridized carbons (Fsp3) is 0.115. The van der Waals surface area contributed by atoms with E-state index in [0.29, 0.717) is 22.3 Å². The molecule has 4 aliphatic heterocycles. The fourth-order valence-corrected chi connectivity index (χ4v) is 12.8. The summed E-state index contributed by atoms with van der Waals surface area (Å²) in [7, 11) is -9.12. The van der Waals surface area contributed by atoms with Gasteiger partial charge >= 0.3 is 11.9 Å². The van der Waals surface area contributed by atoms with Crippen molar-refractivity contribution in [2.75, 3.05) is 11.5 Å². The number of aromatic nitrogens is 2. The Morgan fingerprint density at radius 3 is 1.09 bits per heavy atom. The van der Waals surface area contributed by atoms with Crippen molar-refractivity contribution >= 4 is 55.6 Å². The molecule has 0 unspecified atom stereocenters. The summed E-state index contributed by atoms with van der Waals surface area (Å²) in [5, 5.41) is -3.45. The van der Waals surface area contributed by atoms with Crippen LogP contribution in [0.5, 0.6) is 0 Å². The Labute approximate surface area is 391 Å². The Hall–Kier alpha value is -8.08. The van der Waals surface area contributed by atoms with Crippen LogP contribution >= 0.6 is 0 Å². The maximum absolute atomic E-state index is 15.2. The molecule has 0 spiro atoms. The van der Waals surface area contributed by atoms with Crippen molar-refractivity contribution in [3.8, 4) is 0 Å². The number of sulfone groups is 2. The second kappa shape index (κ2) is 17.6. The summed E-state index contributed by atoms with van der Waals surface area (Å²) in [5.41, 5.74) is -0.0111. The molecule has 10 rings (SSSR count). The van der Waals surface area contributed by atoms with Crippen LogP contribution in [0.25, 0.3) is 12.2 Å². The number of carbonyl (C=O) groups excluding carboxylic acids is 4. The number of benzene rings is 4. The number of nitrogens with zero attached hydrogens (tertiary/aromatic N) is 4. The van der Waals surface area contributed by atoms with Crippen molar-refractivity contribution in [1.82, 2.24) is 19.8 Å². The largest absolute Gasteiger partial charge is 0.448 e. The molecular weight excluding hydrogens is 905 g/mol. The summed E-state index contributed by atoms with van der Waals surface area (Å²) in [6, 6.07) is 44.6.